The van der Waals surface area contributed by atoms with Gasteiger partial charge in [0.25, 0.3) is 0 Å². The first kappa shape index (κ1) is 12.4. The molecule has 1 heterocycles. The van der Waals surface area contributed by atoms with Gasteiger partial charge in [0.2, 0.25) is 11.8 Å². The maximum atomic E-state index is 12.0. The third-order valence-electron chi connectivity index (χ3n) is 2.69. The summed E-state index contributed by atoms with van der Waals surface area (Å²) in [5.41, 5.74) is 0. The molecule has 0 aliphatic carbocycles. The largest absolute Gasteiger partial charge is 0.344 e. The molecule has 2 atom stereocenters. The quantitative estimate of drug-likeness (QED) is 0.691. The second-order valence-corrected chi connectivity index (χ2v) is 4.32. The van der Waals surface area contributed by atoms with Gasteiger partial charge in [-0.1, -0.05) is 0 Å². The van der Waals surface area contributed by atoms with Crippen molar-refractivity contribution in [2.45, 2.75) is 38.8 Å². The summed E-state index contributed by atoms with van der Waals surface area (Å²) in [6.45, 7) is 4.25. The van der Waals surface area contributed by atoms with Crippen LogP contribution in [-0.4, -0.2) is 41.1 Å². The van der Waals surface area contributed by atoms with Crippen molar-refractivity contribution < 1.29 is 9.59 Å². The lowest BCUT2D eigenvalue weighted by Crippen LogP contribution is -2.50. The number of carbonyl (C=O) groups excluding carboxylic acids is 2. The second-order valence-electron chi connectivity index (χ2n) is 3.96. The topological polar surface area (TPSA) is 49.4 Å². The number of nitrogens with one attached hydrogen (secondary N) is 1. The highest BCUT2D eigenvalue weighted by atomic mass is 32.1. The molecule has 1 saturated heterocycles. The SMILES string of the molecule is CC(=O)NC(CS)C(=O)N1CCCC1C. The fraction of sp³-hybridized carbons (Fsp3) is 0.800. The third-order valence-corrected chi connectivity index (χ3v) is 3.06. The Morgan fingerprint density at radius 2 is 2.27 bits per heavy atom. The average Bonchev–Trinajstić information content (AvgIpc) is 2.59. The smallest absolute Gasteiger partial charge is 0.246 e. The zero-order valence-electron chi connectivity index (χ0n) is 9.19. The van der Waals surface area contributed by atoms with Gasteiger partial charge in [0.05, 0.1) is 0 Å². The number of hydrogen-bond acceptors (Lipinski definition) is 3. The minimum absolute atomic E-state index is 0.00907. The molecule has 1 rings (SSSR count). The molecule has 1 N–H and O–H groups in total. The Balaban J connectivity index is 2.59. The molecule has 2 amide bonds. The molecular formula is C10H18N2O2S. The van der Waals surface area contributed by atoms with Crippen molar-refractivity contribution in [3.63, 3.8) is 0 Å². The van der Waals surface area contributed by atoms with Gasteiger partial charge in [0.15, 0.2) is 0 Å². The summed E-state index contributed by atoms with van der Waals surface area (Å²) in [5.74, 6) is 0.154. The van der Waals surface area contributed by atoms with Crippen LogP contribution < -0.4 is 5.32 Å². The summed E-state index contributed by atoms with van der Waals surface area (Å²) in [7, 11) is 0. The lowest BCUT2D eigenvalue weighted by Gasteiger charge is -2.26. The van der Waals surface area contributed by atoms with Crippen molar-refractivity contribution in [3.8, 4) is 0 Å². The lowest BCUT2D eigenvalue weighted by molar-refractivity contribution is -0.135. The molecule has 0 spiro atoms. The zero-order chi connectivity index (χ0) is 11.4. The predicted octanol–water partition coefficient (Wildman–Crippen LogP) is 0.432. The van der Waals surface area contributed by atoms with Crippen molar-refractivity contribution >= 4 is 24.4 Å². The summed E-state index contributed by atoms with van der Waals surface area (Å²) in [5, 5.41) is 2.62. The molecular weight excluding hydrogens is 212 g/mol. The molecule has 0 aromatic rings. The van der Waals surface area contributed by atoms with E-state index in [0.717, 1.165) is 19.4 Å². The number of likely N-dealkylation sites (tertiary alicyclic amines) is 1. The van der Waals surface area contributed by atoms with E-state index < -0.39 is 6.04 Å². The van der Waals surface area contributed by atoms with Gasteiger partial charge in [-0.2, -0.15) is 12.6 Å². The first-order valence-corrected chi connectivity index (χ1v) is 5.88. The highest BCUT2D eigenvalue weighted by Crippen LogP contribution is 2.17. The molecule has 86 valence electrons. The molecule has 1 fully saturated rings. The Morgan fingerprint density at radius 1 is 1.60 bits per heavy atom. The number of nitrogens with zero attached hydrogens (tertiary/aromatic N) is 1. The van der Waals surface area contributed by atoms with E-state index in [1.165, 1.54) is 6.92 Å². The van der Waals surface area contributed by atoms with E-state index in [2.05, 4.69) is 17.9 Å². The van der Waals surface area contributed by atoms with Crippen LogP contribution in [-0.2, 0) is 9.59 Å². The van der Waals surface area contributed by atoms with Gasteiger partial charge in [-0.3, -0.25) is 9.59 Å². The third kappa shape index (κ3) is 3.12. The standard InChI is InChI=1S/C10H18N2O2S/c1-7-4-3-5-12(7)10(14)9(6-15)11-8(2)13/h7,9,15H,3-6H2,1-2H3,(H,11,13). The van der Waals surface area contributed by atoms with E-state index in [-0.39, 0.29) is 17.9 Å². The summed E-state index contributed by atoms with van der Waals surface area (Å²) in [6, 6.07) is -0.194. The van der Waals surface area contributed by atoms with Crippen LogP contribution in [0.5, 0.6) is 0 Å². The van der Waals surface area contributed by atoms with Crippen LogP contribution in [0.15, 0.2) is 0 Å². The molecule has 5 heteroatoms. The zero-order valence-corrected chi connectivity index (χ0v) is 10.1. The number of rotatable bonds is 3. The van der Waals surface area contributed by atoms with Crippen LogP contribution in [0.3, 0.4) is 0 Å². The molecule has 1 aliphatic rings. The number of carbonyl (C=O) groups is 2. The molecule has 0 aromatic carbocycles. The first-order valence-electron chi connectivity index (χ1n) is 5.24. The van der Waals surface area contributed by atoms with Crippen molar-refractivity contribution in [2.75, 3.05) is 12.3 Å². The van der Waals surface area contributed by atoms with Gasteiger partial charge in [-0.05, 0) is 19.8 Å². The molecule has 2 unspecified atom stereocenters. The lowest BCUT2D eigenvalue weighted by atomic mass is 10.2. The van der Waals surface area contributed by atoms with Gasteiger partial charge < -0.3 is 10.2 Å². The van der Waals surface area contributed by atoms with Crippen LogP contribution in [0.4, 0.5) is 0 Å². The minimum atomic E-state index is -0.480. The van der Waals surface area contributed by atoms with E-state index >= 15 is 0 Å². The number of thiol groups is 1. The van der Waals surface area contributed by atoms with Crippen LogP contribution >= 0.6 is 12.6 Å². The summed E-state index contributed by atoms with van der Waals surface area (Å²) in [4.78, 5) is 24.7. The summed E-state index contributed by atoms with van der Waals surface area (Å²) < 4.78 is 0. The van der Waals surface area contributed by atoms with Crippen LogP contribution in [0, 0.1) is 0 Å². The molecule has 4 nitrogen and oxygen atoms in total. The van der Waals surface area contributed by atoms with Crippen molar-refractivity contribution in [3.05, 3.63) is 0 Å². The monoisotopic (exact) mass is 230 g/mol. The van der Waals surface area contributed by atoms with E-state index in [1.807, 2.05) is 11.8 Å². The van der Waals surface area contributed by atoms with Crippen molar-refractivity contribution in [1.82, 2.24) is 10.2 Å². The molecule has 15 heavy (non-hydrogen) atoms. The Kier molecular flexibility index (Phi) is 4.45. The molecule has 0 aromatic heterocycles. The maximum absolute atomic E-state index is 12.0. The van der Waals surface area contributed by atoms with Crippen LogP contribution in [0.2, 0.25) is 0 Å². The number of hydrogen-bond donors (Lipinski definition) is 2. The van der Waals surface area contributed by atoms with Gasteiger partial charge in [0.1, 0.15) is 6.04 Å². The number of amides is 2. The minimum Gasteiger partial charge on any atom is -0.344 e. The van der Waals surface area contributed by atoms with Gasteiger partial charge in [-0.15, -0.1) is 0 Å². The maximum Gasteiger partial charge on any atom is 0.246 e. The fourth-order valence-electron chi connectivity index (χ4n) is 1.89. The molecule has 0 radical (unpaired) electrons. The summed E-state index contributed by atoms with van der Waals surface area (Å²) >= 11 is 4.09. The van der Waals surface area contributed by atoms with Crippen LogP contribution in [0.25, 0.3) is 0 Å². The second kappa shape index (κ2) is 5.39. The van der Waals surface area contributed by atoms with Crippen LogP contribution in [0.1, 0.15) is 26.7 Å². The van der Waals surface area contributed by atoms with E-state index in [0.29, 0.717) is 5.75 Å². The van der Waals surface area contributed by atoms with Gasteiger partial charge >= 0.3 is 0 Å². The predicted molar refractivity (Wildman–Crippen MR) is 61.9 cm³/mol. The molecule has 0 bridgehead atoms. The van der Waals surface area contributed by atoms with E-state index in [9.17, 15) is 9.59 Å². The highest BCUT2D eigenvalue weighted by molar-refractivity contribution is 7.80. The Hall–Kier alpha value is -0.710. The van der Waals surface area contributed by atoms with E-state index in [1.54, 1.807) is 0 Å². The Bertz CT molecular complexity index is 258. The van der Waals surface area contributed by atoms with Crippen molar-refractivity contribution in [2.24, 2.45) is 0 Å². The Labute approximate surface area is 95.8 Å². The summed E-state index contributed by atoms with van der Waals surface area (Å²) in [6.07, 6.45) is 2.09. The normalized spacial score (nSPS) is 22.6. The van der Waals surface area contributed by atoms with Gasteiger partial charge in [-0.25, -0.2) is 0 Å². The highest BCUT2D eigenvalue weighted by Gasteiger charge is 2.30. The molecule has 1 aliphatic heterocycles. The average molecular weight is 230 g/mol. The first-order chi connectivity index (χ1) is 7.06. The van der Waals surface area contributed by atoms with E-state index in [4.69, 9.17) is 0 Å². The van der Waals surface area contributed by atoms with Crippen molar-refractivity contribution in [1.29, 1.82) is 0 Å². The fourth-order valence-corrected chi connectivity index (χ4v) is 2.14. The van der Waals surface area contributed by atoms with Gasteiger partial charge in [0, 0.05) is 25.3 Å². The molecule has 0 saturated carbocycles. The Morgan fingerprint density at radius 3 is 2.67 bits per heavy atom.